The number of rotatable bonds is 15. The number of nitrogens with zero attached hydrogens (tertiary/aromatic N) is 4. The molecule has 0 spiro atoms. The standard InChI is InChI=1S/C78H66N4/c1-55-19-35-67(36-20-55)79(71-43-27-63(28-44-71)65-31-47-73(48-32-65)81(75-15-7-11-57(3)51-75)76-16-8-12-58(4)52-76)69-39-23-61(24-40-69)62-25-41-70(42-26-62)80(68-37-21-56(2)22-38-68)72-45-29-64(30-46-72)66-33-49-74(50-34-66)82(77-17-9-13-59(5)53-77)78-18-10-14-60(6)54-78/h7-54H,1-6H3. The van der Waals surface area contributed by atoms with Crippen LogP contribution < -0.4 is 19.6 Å². The molecule has 0 radical (unpaired) electrons. The van der Waals surface area contributed by atoms with Crippen molar-refractivity contribution in [3.8, 4) is 33.4 Å². The second kappa shape index (κ2) is 23.3. The maximum Gasteiger partial charge on any atom is 0.0464 e. The van der Waals surface area contributed by atoms with Crippen LogP contribution >= 0.6 is 0 Å². The molecule has 0 fully saturated rings. The first-order chi connectivity index (χ1) is 40.1. The third-order valence-corrected chi connectivity index (χ3v) is 15.4. The molecule has 0 aliphatic rings. The van der Waals surface area contributed by atoms with Crippen molar-refractivity contribution < 1.29 is 0 Å². The van der Waals surface area contributed by atoms with E-state index in [1.807, 2.05) is 0 Å². The summed E-state index contributed by atoms with van der Waals surface area (Å²) in [5.41, 5.74) is 27.7. The summed E-state index contributed by atoms with van der Waals surface area (Å²) in [6.45, 7) is 12.9. The van der Waals surface area contributed by atoms with E-state index in [2.05, 4.69) is 352 Å². The normalized spacial score (nSPS) is 11.0. The molecule has 0 saturated carbocycles. The van der Waals surface area contributed by atoms with Crippen LogP contribution in [0.5, 0.6) is 0 Å². The highest BCUT2D eigenvalue weighted by molar-refractivity contribution is 5.85. The predicted octanol–water partition coefficient (Wildman–Crippen LogP) is 22.4. The summed E-state index contributed by atoms with van der Waals surface area (Å²) < 4.78 is 0. The molecule has 12 aromatic rings. The van der Waals surface area contributed by atoms with E-state index in [4.69, 9.17) is 0 Å². The van der Waals surface area contributed by atoms with Crippen molar-refractivity contribution >= 4 is 68.2 Å². The van der Waals surface area contributed by atoms with Crippen molar-refractivity contribution in [2.24, 2.45) is 0 Å². The molecule has 0 aliphatic carbocycles. The van der Waals surface area contributed by atoms with Crippen LogP contribution in [0.15, 0.2) is 291 Å². The third-order valence-electron chi connectivity index (χ3n) is 15.4. The van der Waals surface area contributed by atoms with Gasteiger partial charge in [0.05, 0.1) is 0 Å². The van der Waals surface area contributed by atoms with Gasteiger partial charge in [0.25, 0.3) is 0 Å². The lowest BCUT2D eigenvalue weighted by atomic mass is 10.0. The number of benzene rings is 12. The van der Waals surface area contributed by atoms with Crippen molar-refractivity contribution in [3.63, 3.8) is 0 Å². The second-order valence-corrected chi connectivity index (χ2v) is 21.6. The highest BCUT2D eigenvalue weighted by Gasteiger charge is 2.19. The van der Waals surface area contributed by atoms with Crippen LogP contribution in [0, 0.1) is 41.5 Å². The zero-order chi connectivity index (χ0) is 56.1. The summed E-state index contributed by atoms with van der Waals surface area (Å²) in [7, 11) is 0. The van der Waals surface area contributed by atoms with Crippen molar-refractivity contribution in [1.82, 2.24) is 0 Å². The van der Waals surface area contributed by atoms with Crippen molar-refractivity contribution in [2.75, 3.05) is 19.6 Å². The molecular weight excluding hydrogens is 993 g/mol. The minimum Gasteiger partial charge on any atom is -0.311 e. The van der Waals surface area contributed by atoms with Gasteiger partial charge < -0.3 is 19.6 Å². The summed E-state index contributed by atoms with van der Waals surface area (Å²) in [6.07, 6.45) is 0. The van der Waals surface area contributed by atoms with Crippen molar-refractivity contribution in [1.29, 1.82) is 0 Å². The fourth-order valence-electron chi connectivity index (χ4n) is 11.1. The molecular formula is C78H66N4. The summed E-state index contributed by atoms with van der Waals surface area (Å²) in [5, 5.41) is 0. The molecule has 0 heterocycles. The molecule has 0 amide bonds. The first-order valence-electron chi connectivity index (χ1n) is 28.3. The molecule has 0 saturated heterocycles. The SMILES string of the molecule is Cc1ccc(N(c2ccc(-c3ccc(N(c4ccc(C)cc4)c4ccc(-c5ccc(N(c6cccc(C)c6)c6cccc(C)c6)cc5)cc4)cc3)cc2)c2ccc(-c3ccc(N(c4cccc(C)c4)c4cccc(C)c4)cc3)cc2)cc1. The lowest BCUT2D eigenvalue weighted by molar-refractivity contribution is 1.26. The van der Waals surface area contributed by atoms with Gasteiger partial charge in [0, 0.05) is 68.2 Å². The molecule has 0 unspecified atom stereocenters. The van der Waals surface area contributed by atoms with Gasteiger partial charge in [0.15, 0.2) is 0 Å². The summed E-state index contributed by atoms with van der Waals surface area (Å²) in [6, 6.07) is 106. The quantitative estimate of drug-likeness (QED) is 0.101. The lowest BCUT2D eigenvalue weighted by Gasteiger charge is -2.27. The molecule has 4 nitrogen and oxygen atoms in total. The summed E-state index contributed by atoms with van der Waals surface area (Å²) in [4.78, 5) is 9.35. The van der Waals surface area contributed by atoms with Crippen LogP contribution in [0.4, 0.5) is 68.2 Å². The van der Waals surface area contributed by atoms with Gasteiger partial charge in [-0.25, -0.2) is 0 Å². The Kier molecular flexibility index (Phi) is 14.9. The number of aryl methyl sites for hydroxylation is 6. The van der Waals surface area contributed by atoms with E-state index in [-0.39, 0.29) is 0 Å². The smallest absolute Gasteiger partial charge is 0.0464 e. The highest BCUT2D eigenvalue weighted by Crippen LogP contribution is 2.42. The van der Waals surface area contributed by atoms with Gasteiger partial charge in [-0.3, -0.25) is 0 Å². The van der Waals surface area contributed by atoms with Gasteiger partial charge in [-0.1, -0.05) is 157 Å². The van der Waals surface area contributed by atoms with Gasteiger partial charge in [0.2, 0.25) is 0 Å². The van der Waals surface area contributed by atoms with E-state index >= 15 is 0 Å². The first kappa shape index (κ1) is 52.5. The molecule has 0 atom stereocenters. The molecule has 12 aromatic carbocycles. The Morgan fingerprint density at radius 1 is 0.146 bits per heavy atom. The maximum absolute atomic E-state index is 2.34. The molecule has 0 aliphatic heterocycles. The van der Waals surface area contributed by atoms with Gasteiger partial charge in [-0.2, -0.15) is 0 Å². The molecule has 0 bridgehead atoms. The average Bonchev–Trinajstić information content (AvgIpc) is 3.51. The topological polar surface area (TPSA) is 13.0 Å². The maximum atomic E-state index is 2.34. The van der Waals surface area contributed by atoms with Gasteiger partial charge in [0.1, 0.15) is 0 Å². The van der Waals surface area contributed by atoms with Crippen LogP contribution in [0.2, 0.25) is 0 Å². The minimum absolute atomic E-state index is 1.09. The van der Waals surface area contributed by atoms with E-state index in [1.165, 1.54) is 44.5 Å². The van der Waals surface area contributed by atoms with Gasteiger partial charge in [-0.05, 0) is 243 Å². The van der Waals surface area contributed by atoms with E-state index in [9.17, 15) is 0 Å². The van der Waals surface area contributed by atoms with E-state index in [1.54, 1.807) is 0 Å². The summed E-state index contributed by atoms with van der Waals surface area (Å²) >= 11 is 0. The van der Waals surface area contributed by atoms with E-state index in [0.29, 0.717) is 0 Å². The Hall–Kier alpha value is -10.2. The fourth-order valence-corrected chi connectivity index (χ4v) is 11.1. The molecule has 398 valence electrons. The number of hydrogen-bond donors (Lipinski definition) is 0. The monoisotopic (exact) mass is 1060 g/mol. The Morgan fingerprint density at radius 3 is 0.476 bits per heavy atom. The fraction of sp³-hybridized carbons (Fsp3) is 0.0769. The molecule has 0 aromatic heterocycles. The zero-order valence-electron chi connectivity index (χ0n) is 47.5. The zero-order valence-corrected chi connectivity index (χ0v) is 47.5. The highest BCUT2D eigenvalue weighted by atomic mass is 15.2. The molecule has 4 heteroatoms. The predicted molar refractivity (Wildman–Crippen MR) is 350 cm³/mol. The Balaban J connectivity index is 0.786. The average molecular weight is 1060 g/mol. The second-order valence-electron chi connectivity index (χ2n) is 21.6. The lowest BCUT2D eigenvalue weighted by Crippen LogP contribution is -2.10. The first-order valence-corrected chi connectivity index (χ1v) is 28.3. The molecule has 12 rings (SSSR count). The van der Waals surface area contributed by atoms with Crippen molar-refractivity contribution in [2.45, 2.75) is 41.5 Å². The minimum atomic E-state index is 1.09. The van der Waals surface area contributed by atoms with Crippen LogP contribution in [-0.2, 0) is 0 Å². The number of anilines is 12. The van der Waals surface area contributed by atoms with Crippen LogP contribution in [-0.4, -0.2) is 0 Å². The summed E-state index contributed by atoms with van der Waals surface area (Å²) in [5.74, 6) is 0. The molecule has 82 heavy (non-hydrogen) atoms. The Labute approximate surface area is 484 Å². The third kappa shape index (κ3) is 11.5. The largest absolute Gasteiger partial charge is 0.311 e. The van der Waals surface area contributed by atoms with Crippen LogP contribution in [0.3, 0.4) is 0 Å². The number of hydrogen-bond acceptors (Lipinski definition) is 4. The van der Waals surface area contributed by atoms with Gasteiger partial charge >= 0.3 is 0 Å². The van der Waals surface area contributed by atoms with Crippen LogP contribution in [0.25, 0.3) is 33.4 Å². The van der Waals surface area contributed by atoms with Gasteiger partial charge in [-0.15, -0.1) is 0 Å². The Bertz CT molecular complexity index is 3750. The van der Waals surface area contributed by atoms with E-state index < -0.39 is 0 Å². The van der Waals surface area contributed by atoms with E-state index in [0.717, 1.165) is 90.5 Å². The Morgan fingerprint density at radius 2 is 0.305 bits per heavy atom. The van der Waals surface area contributed by atoms with Crippen molar-refractivity contribution in [3.05, 3.63) is 325 Å². The van der Waals surface area contributed by atoms with Crippen LogP contribution in [0.1, 0.15) is 33.4 Å². The molecule has 0 N–H and O–H groups in total.